The van der Waals surface area contributed by atoms with Crippen molar-refractivity contribution in [1.82, 2.24) is 0 Å². The summed E-state index contributed by atoms with van der Waals surface area (Å²) in [5.74, 6) is -0.538. The molecule has 1 aliphatic rings. The van der Waals surface area contributed by atoms with Gasteiger partial charge < -0.3 is 5.73 Å². The predicted octanol–water partition coefficient (Wildman–Crippen LogP) is 3.83. The van der Waals surface area contributed by atoms with Gasteiger partial charge >= 0.3 is 0 Å². The number of nitrogens with two attached hydrogens (primary N) is 1. The second kappa shape index (κ2) is 4.96. The minimum Gasteiger partial charge on any atom is -0.330 e. The summed E-state index contributed by atoms with van der Waals surface area (Å²) >= 11 is 0. The van der Waals surface area contributed by atoms with Crippen LogP contribution < -0.4 is 5.73 Å². The summed E-state index contributed by atoms with van der Waals surface area (Å²) in [6.07, 6.45) is 3.05. The van der Waals surface area contributed by atoms with Crippen LogP contribution in [0.25, 0.3) is 0 Å². The Balaban J connectivity index is 2.32. The quantitative estimate of drug-likeness (QED) is 0.851. The minimum atomic E-state index is -0.518. The lowest BCUT2D eigenvalue weighted by molar-refractivity contribution is 0.163. The molecule has 3 heteroatoms. The molecule has 18 heavy (non-hydrogen) atoms. The number of benzene rings is 1. The first-order valence-electron chi connectivity index (χ1n) is 6.58. The number of hydrogen-bond donors (Lipinski definition) is 1. The van der Waals surface area contributed by atoms with Crippen molar-refractivity contribution in [3.8, 4) is 0 Å². The van der Waals surface area contributed by atoms with Gasteiger partial charge in [-0.05, 0) is 54.7 Å². The zero-order valence-corrected chi connectivity index (χ0v) is 11.0. The van der Waals surface area contributed by atoms with Crippen molar-refractivity contribution in [2.75, 3.05) is 6.54 Å². The third-order valence-corrected chi connectivity index (χ3v) is 4.20. The van der Waals surface area contributed by atoms with Gasteiger partial charge in [-0.2, -0.15) is 0 Å². The summed E-state index contributed by atoms with van der Waals surface area (Å²) in [5, 5.41) is 0. The highest BCUT2D eigenvalue weighted by Crippen LogP contribution is 2.46. The monoisotopic (exact) mass is 253 g/mol. The van der Waals surface area contributed by atoms with E-state index in [0.717, 1.165) is 25.3 Å². The Morgan fingerprint density at radius 2 is 2.06 bits per heavy atom. The largest absolute Gasteiger partial charge is 0.330 e. The second-order valence-corrected chi connectivity index (χ2v) is 6.18. The van der Waals surface area contributed by atoms with Crippen LogP contribution in [-0.4, -0.2) is 6.54 Å². The van der Waals surface area contributed by atoms with E-state index in [2.05, 4.69) is 13.8 Å². The van der Waals surface area contributed by atoms with Crippen LogP contribution >= 0.6 is 0 Å². The van der Waals surface area contributed by atoms with Gasteiger partial charge in [-0.15, -0.1) is 0 Å². The maximum atomic E-state index is 13.9. The summed E-state index contributed by atoms with van der Waals surface area (Å²) in [6, 6.07) is 3.90. The highest BCUT2D eigenvalue weighted by Gasteiger charge is 2.36. The van der Waals surface area contributed by atoms with Crippen LogP contribution in [0, 0.1) is 23.0 Å². The SMILES string of the molecule is CC1(C)CCC(CN)C(c2ccc(F)cc2F)C1. The van der Waals surface area contributed by atoms with E-state index in [1.807, 2.05) is 0 Å². The molecule has 0 radical (unpaired) electrons. The summed E-state index contributed by atoms with van der Waals surface area (Å²) < 4.78 is 26.9. The fourth-order valence-electron chi connectivity index (χ4n) is 3.09. The van der Waals surface area contributed by atoms with Crippen LogP contribution in [0.5, 0.6) is 0 Å². The fraction of sp³-hybridized carbons (Fsp3) is 0.600. The molecule has 1 fully saturated rings. The molecular formula is C15H21F2N. The molecule has 0 amide bonds. The van der Waals surface area contributed by atoms with E-state index in [9.17, 15) is 8.78 Å². The van der Waals surface area contributed by atoms with Crippen molar-refractivity contribution in [2.45, 2.75) is 39.0 Å². The number of rotatable bonds is 2. The van der Waals surface area contributed by atoms with Gasteiger partial charge in [0.05, 0.1) is 0 Å². The maximum absolute atomic E-state index is 13.9. The van der Waals surface area contributed by atoms with Gasteiger partial charge in [0.15, 0.2) is 0 Å². The Kier molecular flexibility index (Phi) is 3.71. The number of hydrogen-bond acceptors (Lipinski definition) is 1. The molecule has 0 heterocycles. The molecular weight excluding hydrogens is 232 g/mol. The van der Waals surface area contributed by atoms with Crippen molar-refractivity contribution in [2.24, 2.45) is 17.1 Å². The second-order valence-electron chi connectivity index (χ2n) is 6.18. The summed E-state index contributed by atoms with van der Waals surface area (Å²) in [4.78, 5) is 0. The Bertz CT molecular complexity index is 429. The molecule has 2 unspecified atom stereocenters. The highest BCUT2D eigenvalue weighted by atomic mass is 19.1. The van der Waals surface area contributed by atoms with Crippen LogP contribution in [0.3, 0.4) is 0 Å². The van der Waals surface area contributed by atoms with Gasteiger partial charge in [0.2, 0.25) is 0 Å². The Morgan fingerprint density at radius 1 is 1.33 bits per heavy atom. The van der Waals surface area contributed by atoms with Gasteiger partial charge in [0, 0.05) is 6.07 Å². The fourth-order valence-corrected chi connectivity index (χ4v) is 3.09. The molecule has 2 N–H and O–H groups in total. The van der Waals surface area contributed by atoms with Crippen LogP contribution in [0.2, 0.25) is 0 Å². The van der Waals surface area contributed by atoms with Crippen molar-refractivity contribution < 1.29 is 8.78 Å². The lowest BCUT2D eigenvalue weighted by atomic mass is 9.65. The van der Waals surface area contributed by atoms with Crippen LogP contribution in [0.15, 0.2) is 18.2 Å². The van der Waals surface area contributed by atoms with E-state index in [-0.39, 0.29) is 11.3 Å². The standard InChI is InChI=1S/C15H21F2N/c1-15(2)6-5-10(9-18)13(8-15)12-4-3-11(16)7-14(12)17/h3-4,7,10,13H,5-6,8-9,18H2,1-2H3. The first-order chi connectivity index (χ1) is 8.43. The van der Waals surface area contributed by atoms with Crippen LogP contribution in [0.1, 0.15) is 44.6 Å². The molecule has 2 atom stereocenters. The Labute approximate surface area is 107 Å². The molecule has 100 valence electrons. The first kappa shape index (κ1) is 13.5. The zero-order chi connectivity index (χ0) is 13.3. The maximum Gasteiger partial charge on any atom is 0.129 e. The predicted molar refractivity (Wildman–Crippen MR) is 69.3 cm³/mol. The number of halogens is 2. The normalized spacial score (nSPS) is 27.2. The Morgan fingerprint density at radius 3 is 2.67 bits per heavy atom. The molecule has 1 aromatic carbocycles. The summed E-state index contributed by atoms with van der Waals surface area (Å²) in [5.41, 5.74) is 6.63. The van der Waals surface area contributed by atoms with Crippen LogP contribution in [0.4, 0.5) is 8.78 Å². The first-order valence-corrected chi connectivity index (χ1v) is 6.58. The summed E-state index contributed by atoms with van der Waals surface area (Å²) in [6.45, 7) is 4.97. The Hall–Kier alpha value is -0.960. The smallest absolute Gasteiger partial charge is 0.129 e. The molecule has 0 bridgehead atoms. The van der Waals surface area contributed by atoms with E-state index in [0.29, 0.717) is 18.0 Å². The average Bonchev–Trinajstić information content (AvgIpc) is 2.28. The van der Waals surface area contributed by atoms with Gasteiger partial charge in [0.1, 0.15) is 11.6 Å². The van der Waals surface area contributed by atoms with Crippen molar-refractivity contribution in [3.05, 3.63) is 35.4 Å². The molecule has 0 saturated heterocycles. The van der Waals surface area contributed by atoms with Crippen molar-refractivity contribution >= 4 is 0 Å². The third-order valence-electron chi connectivity index (χ3n) is 4.20. The molecule has 1 nitrogen and oxygen atoms in total. The van der Waals surface area contributed by atoms with Gasteiger partial charge in [-0.1, -0.05) is 19.9 Å². The summed E-state index contributed by atoms with van der Waals surface area (Å²) in [7, 11) is 0. The van der Waals surface area contributed by atoms with Gasteiger partial charge in [-0.25, -0.2) is 8.78 Å². The molecule has 0 spiro atoms. The topological polar surface area (TPSA) is 26.0 Å². The molecule has 0 aromatic heterocycles. The molecule has 1 aromatic rings. The molecule has 0 aliphatic heterocycles. The zero-order valence-electron chi connectivity index (χ0n) is 11.0. The van der Waals surface area contributed by atoms with E-state index >= 15 is 0 Å². The highest BCUT2D eigenvalue weighted by molar-refractivity contribution is 5.24. The average molecular weight is 253 g/mol. The minimum absolute atomic E-state index is 0.111. The third kappa shape index (κ3) is 2.72. The lowest BCUT2D eigenvalue weighted by Gasteiger charge is -2.40. The van der Waals surface area contributed by atoms with Gasteiger partial charge in [-0.3, -0.25) is 0 Å². The van der Waals surface area contributed by atoms with Crippen molar-refractivity contribution in [1.29, 1.82) is 0 Å². The molecule has 1 aliphatic carbocycles. The molecule has 1 saturated carbocycles. The van der Waals surface area contributed by atoms with E-state index in [4.69, 9.17) is 5.73 Å². The lowest BCUT2D eigenvalue weighted by Crippen LogP contribution is -2.33. The van der Waals surface area contributed by atoms with E-state index in [1.54, 1.807) is 6.07 Å². The van der Waals surface area contributed by atoms with Gasteiger partial charge in [0.25, 0.3) is 0 Å². The van der Waals surface area contributed by atoms with Crippen molar-refractivity contribution in [3.63, 3.8) is 0 Å². The van der Waals surface area contributed by atoms with E-state index in [1.165, 1.54) is 6.07 Å². The molecule has 2 rings (SSSR count). The van der Waals surface area contributed by atoms with E-state index < -0.39 is 11.6 Å². The van der Waals surface area contributed by atoms with Crippen LogP contribution in [-0.2, 0) is 0 Å².